The predicted octanol–water partition coefficient (Wildman–Crippen LogP) is 1.38. The van der Waals surface area contributed by atoms with Crippen molar-refractivity contribution in [2.75, 3.05) is 0 Å². The Morgan fingerprint density at radius 1 is 1.40 bits per heavy atom. The zero-order valence-corrected chi connectivity index (χ0v) is 6.37. The SMILES string of the molecule is Brc1cnc2nonc2c1. The highest BCUT2D eigenvalue weighted by atomic mass is 79.9. The van der Waals surface area contributed by atoms with Gasteiger partial charge in [-0.25, -0.2) is 9.61 Å². The van der Waals surface area contributed by atoms with Crippen molar-refractivity contribution >= 4 is 27.1 Å². The quantitative estimate of drug-likeness (QED) is 0.644. The number of hydrogen-bond donors (Lipinski definition) is 0. The second kappa shape index (κ2) is 2.02. The molecule has 0 N–H and O–H groups in total. The smallest absolute Gasteiger partial charge is 0.224 e. The molecule has 0 atom stereocenters. The van der Waals surface area contributed by atoms with Gasteiger partial charge in [-0.2, -0.15) is 0 Å². The molecule has 0 aliphatic rings. The fraction of sp³-hybridized carbons (Fsp3) is 0. The van der Waals surface area contributed by atoms with Gasteiger partial charge < -0.3 is 0 Å². The molecule has 4 nitrogen and oxygen atoms in total. The Kier molecular flexibility index (Phi) is 1.17. The van der Waals surface area contributed by atoms with E-state index in [2.05, 4.69) is 35.9 Å². The molecule has 0 saturated heterocycles. The number of halogens is 1. The van der Waals surface area contributed by atoms with Crippen molar-refractivity contribution in [1.29, 1.82) is 0 Å². The summed E-state index contributed by atoms with van der Waals surface area (Å²) in [5.41, 5.74) is 1.19. The first-order valence-corrected chi connectivity index (χ1v) is 3.39. The van der Waals surface area contributed by atoms with E-state index in [9.17, 15) is 0 Å². The Hall–Kier alpha value is -0.970. The topological polar surface area (TPSA) is 51.8 Å². The predicted molar refractivity (Wildman–Crippen MR) is 37.3 cm³/mol. The van der Waals surface area contributed by atoms with Crippen LogP contribution in [0.25, 0.3) is 11.2 Å². The maximum Gasteiger partial charge on any atom is 0.224 e. The minimum absolute atomic E-state index is 0.531. The first kappa shape index (κ1) is 5.79. The lowest BCUT2D eigenvalue weighted by Gasteiger charge is -1.83. The van der Waals surface area contributed by atoms with Gasteiger partial charge in [-0.3, -0.25) is 0 Å². The van der Waals surface area contributed by atoms with E-state index < -0.39 is 0 Å². The summed E-state index contributed by atoms with van der Waals surface area (Å²) >= 11 is 3.25. The molecule has 10 heavy (non-hydrogen) atoms. The van der Waals surface area contributed by atoms with Gasteiger partial charge >= 0.3 is 0 Å². The molecule has 0 amide bonds. The zero-order chi connectivity index (χ0) is 6.97. The molecule has 0 aromatic carbocycles. The molecule has 5 heteroatoms. The normalized spacial score (nSPS) is 10.5. The average molecular weight is 200 g/mol. The number of nitrogens with zero attached hydrogens (tertiary/aromatic N) is 3. The number of rotatable bonds is 0. The van der Waals surface area contributed by atoms with Gasteiger partial charge in [0.05, 0.1) is 0 Å². The summed E-state index contributed by atoms with van der Waals surface area (Å²) in [4.78, 5) is 3.93. The Morgan fingerprint density at radius 3 is 3.20 bits per heavy atom. The van der Waals surface area contributed by atoms with Crippen LogP contribution in [0.5, 0.6) is 0 Å². The highest BCUT2D eigenvalue weighted by Gasteiger charge is 1.99. The van der Waals surface area contributed by atoms with E-state index >= 15 is 0 Å². The first-order chi connectivity index (χ1) is 4.86. The van der Waals surface area contributed by atoms with Crippen LogP contribution in [-0.4, -0.2) is 15.3 Å². The number of hydrogen-bond acceptors (Lipinski definition) is 4. The standard InChI is InChI=1S/C5H2BrN3O/c6-3-1-4-5(7-2-3)9-10-8-4/h1-2H. The third-order valence-electron chi connectivity index (χ3n) is 1.08. The van der Waals surface area contributed by atoms with Gasteiger partial charge in [0.2, 0.25) is 5.65 Å². The van der Waals surface area contributed by atoms with Crippen molar-refractivity contribution in [3.63, 3.8) is 0 Å². The Bertz CT molecular complexity index is 358. The molecule has 2 aromatic heterocycles. The molecule has 0 radical (unpaired) electrons. The van der Waals surface area contributed by atoms with E-state index in [0.29, 0.717) is 11.2 Å². The largest absolute Gasteiger partial charge is 0.242 e. The van der Waals surface area contributed by atoms with E-state index in [-0.39, 0.29) is 0 Å². The summed E-state index contributed by atoms with van der Waals surface area (Å²) in [6.07, 6.45) is 1.65. The van der Waals surface area contributed by atoms with Gasteiger partial charge in [-0.15, -0.1) is 0 Å². The monoisotopic (exact) mass is 199 g/mol. The lowest BCUT2D eigenvalue weighted by molar-refractivity contribution is 0.315. The minimum atomic E-state index is 0.531. The van der Waals surface area contributed by atoms with Crippen LogP contribution in [0.15, 0.2) is 21.4 Å². The number of aromatic nitrogens is 3. The van der Waals surface area contributed by atoms with Crippen LogP contribution in [0.3, 0.4) is 0 Å². The van der Waals surface area contributed by atoms with Gasteiger partial charge in [0.25, 0.3) is 0 Å². The maximum atomic E-state index is 4.44. The highest BCUT2D eigenvalue weighted by Crippen LogP contribution is 2.12. The summed E-state index contributed by atoms with van der Waals surface area (Å²) in [6, 6.07) is 1.79. The molecule has 0 fully saturated rings. The van der Waals surface area contributed by atoms with E-state index in [1.54, 1.807) is 12.3 Å². The minimum Gasteiger partial charge on any atom is -0.242 e. The molecule has 50 valence electrons. The van der Waals surface area contributed by atoms with Crippen LogP contribution in [-0.2, 0) is 0 Å². The van der Waals surface area contributed by atoms with Crippen LogP contribution in [0.2, 0.25) is 0 Å². The third-order valence-corrected chi connectivity index (χ3v) is 1.51. The van der Waals surface area contributed by atoms with Crippen molar-refractivity contribution in [2.45, 2.75) is 0 Å². The van der Waals surface area contributed by atoms with Gasteiger partial charge in [0.15, 0.2) is 5.52 Å². The van der Waals surface area contributed by atoms with E-state index in [0.717, 1.165) is 4.47 Å². The number of fused-ring (bicyclic) bond motifs is 1. The number of pyridine rings is 1. The average Bonchev–Trinajstić information content (AvgIpc) is 2.33. The molecule has 0 bridgehead atoms. The molecule has 2 rings (SSSR count). The van der Waals surface area contributed by atoms with Crippen molar-refractivity contribution in [2.24, 2.45) is 0 Å². The van der Waals surface area contributed by atoms with Crippen LogP contribution in [0.4, 0.5) is 0 Å². The van der Waals surface area contributed by atoms with Crippen LogP contribution < -0.4 is 0 Å². The van der Waals surface area contributed by atoms with Crippen molar-refractivity contribution in [1.82, 2.24) is 15.3 Å². The van der Waals surface area contributed by atoms with E-state index in [1.807, 2.05) is 0 Å². The van der Waals surface area contributed by atoms with Gasteiger partial charge in [0, 0.05) is 10.7 Å². The Labute approximate surface area is 64.3 Å². The summed E-state index contributed by atoms with van der Waals surface area (Å²) in [7, 11) is 0. The maximum absolute atomic E-state index is 4.44. The van der Waals surface area contributed by atoms with E-state index in [4.69, 9.17) is 0 Å². The van der Waals surface area contributed by atoms with Crippen LogP contribution >= 0.6 is 15.9 Å². The molecular weight excluding hydrogens is 198 g/mol. The lowest BCUT2D eigenvalue weighted by Crippen LogP contribution is -1.74. The summed E-state index contributed by atoms with van der Waals surface area (Å²) in [5.74, 6) is 0. The Morgan fingerprint density at radius 2 is 2.30 bits per heavy atom. The fourth-order valence-corrected chi connectivity index (χ4v) is 0.981. The summed E-state index contributed by atoms with van der Waals surface area (Å²) in [5, 5.41) is 7.14. The van der Waals surface area contributed by atoms with Crippen LogP contribution in [0.1, 0.15) is 0 Å². The second-order valence-corrected chi connectivity index (χ2v) is 2.68. The van der Waals surface area contributed by atoms with Crippen molar-refractivity contribution in [3.8, 4) is 0 Å². The van der Waals surface area contributed by atoms with Gasteiger partial charge in [-0.1, -0.05) is 0 Å². The van der Waals surface area contributed by atoms with Crippen LogP contribution in [0, 0.1) is 0 Å². The lowest BCUT2D eigenvalue weighted by atomic mass is 10.4. The fourth-order valence-electron chi connectivity index (χ4n) is 0.662. The van der Waals surface area contributed by atoms with Crippen molar-refractivity contribution < 1.29 is 4.63 Å². The molecule has 0 saturated carbocycles. The molecule has 0 spiro atoms. The molecule has 0 aliphatic heterocycles. The Balaban J connectivity index is 2.86. The first-order valence-electron chi connectivity index (χ1n) is 2.60. The van der Waals surface area contributed by atoms with E-state index in [1.165, 1.54) is 0 Å². The summed E-state index contributed by atoms with van der Waals surface area (Å²) < 4.78 is 5.31. The summed E-state index contributed by atoms with van der Waals surface area (Å²) in [6.45, 7) is 0. The second-order valence-electron chi connectivity index (χ2n) is 1.76. The third kappa shape index (κ3) is 0.786. The highest BCUT2D eigenvalue weighted by molar-refractivity contribution is 9.10. The molecule has 2 heterocycles. The van der Waals surface area contributed by atoms with Crippen molar-refractivity contribution in [3.05, 3.63) is 16.7 Å². The van der Waals surface area contributed by atoms with Gasteiger partial charge in [-0.05, 0) is 32.3 Å². The molecule has 0 aliphatic carbocycles. The zero-order valence-electron chi connectivity index (χ0n) is 4.78. The molecular formula is C5H2BrN3O. The molecule has 2 aromatic rings. The van der Waals surface area contributed by atoms with Gasteiger partial charge in [0.1, 0.15) is 0 Å². The molecule has 0 unspecified atom stereocenters.